The summed E-state index contributed by atoms with van der Waals surface area (Å²) in [6, 6.07) is 6.03. The van der Waals surface area contributed by atoms with Crippen molar-refractivity contribution in [3.8, 4) is 17.0 Å². The number of nitrogens with zero attached hydrogens (tertiary/aromatic N) is 2. The van der Waals surface area contributed by atoms with Gasteiger partial charge in [-0.15, -0.1) is 0 Å². The second-order valence-electron chi connectivity index (χ2n) is 3.71. The standard InChI is InChI=1S/C13H12FN3O2/c1-2-19-11-4-3-8(7-9(11)14)10-5-6-16-13(17-10)12(15)18/h3-7H,2H2,1H3,(H2,15,18). The summed E-state index contributed by atoms with van der Waals surface area (Å²) in [6.45, 7) is 2.16. The summed E-state index contributed by atoms with van der Waals surface area (Å²) in [7, 11) is 0. The zero-order chi connectivity index (χ0) is 13.8. The molecule has 19 heavy (non-hydrogen) atoms. The van der Waals surface area contributed by atoms with Gasteiger partial charge in [0, 0.05) is 11.8 Å². The maximum atomic E-state index is 13.7. The number of hydrogen-bond donors (Lipinski definition) is 1. The van der Waals surface area contributed by atoms with E-state index in [9.17, 15) is 9.18 Å². The molecule has 0 fully saturated rings. The van der Waals surface area contributed by atoms with Gasteiger partial charge in [0.05, 0.1) is 12.3 Å². The summed E-state index contributed by atoms with van der Waals surface area (Å²) in [5.41, 5.74) is 6.04. The molecule has 0 unspecified atom stereocenters. The molecule has 0 saturated carbocycles. The minimum atomic E-state index is -0.728. The Morgan fingerprint density at radius 2 is 2.21 bits per heavy atom. The van der Waals surface area contributed by atoms with Crippen LogP contribution in [0.5, 0.6) is 5.75 Å². The van der Waals surface area contributed by atoms with E-state index in [0.29, 0.717) is 17.9 Å². The molecule has 98 valence electrons. The summed E-state index contributed by atoms with van der Waals surface area (Å²) >= 11 is 0. The number of benzene rings is 1. The van der Waals surface area contributed by atoms with Gasteiger partial charge in [0.15, 0.2) is 11.6 Å². The molecule has 1 aromatic heterocycles. The quantitative estimate of drug-likeness (QED) is 0.909. The first kappa shape index (κ1) is 12.9. The number of primary amides is 1. The zero-order valence-electron chi connectivity index (χ0n) is 10.3. The molecule has 0 aliphatic heterocycles. The van der Waals surface area contributed by atoms with Gasteiger partial charge in [-0.2, -0.15) is 0 Å². The highest BCUT2D eigenvalue weighted by atomic mass is 19.1. The minimum Gasteiger partial charge on any atom is -0.491 e. The van der Waals surface area contributed by atoms with Crippen LogP contribution in [0.25, 0.3) is 11.3 Å². The lowest BCUT2D eigenvalue weighted by atomic mass is 10.1. The number of nitrogens with two attached hydrogens (primary N) is 1. The highest BCUT2D eigenvalue weighted by molar-refractivity contribution is 5.89. The van der Waals surface area contributed by atoms with Crippen LogP contribution in [-0.4, -0.2) is 22.5 Å². The van der Waals surface area contributed by atoms with Gasteiger partial charge in [0.1, 0.15) is 0 Å². The predicted molar refractivity (Wildman–Crippen MR) is 67.1 cm³/mol. The number of hydrogen-bond acceptors (Lipinski definition) is 4. The average Bonchev–Trinajstić information content (AvgIpc) is 2.41. The molecular formula is C13H12FN3O2. The Balaban J connectivity index is 2.39. The van der Waals surface area contributed by atoms with E-state index in [4.69, 9.17) is 10.5 Å². The van der Waals surface area contributed by atoms with Gasteiger partial charge in [-0.1, -0.05) is 0 Å². The van der Waals surface area contributed by atoms with Crippen LogP contribution in [0.15, 0.2) is 30.5 Å². The summed E-state index contributed by atoms with van der Waals surface area (Å²) < 4.78 is 18.8. The second-order valence-corrected chi connectivity index (χ2v) is 3.71. The summed E-state index contributed by atoms with van der Waals surface area (Å²) in [6.07, 6.45) is 1.40. The Labute approximate surface area is 109 Å². The van der Waals surface area contributed by atoms with E-state index in [-0.39, 0.29) is 11.6 Å². The number of halogens is 1. The number of carbonyl (C=O) groups is 1. The van der Waals surface area contributed by atoms with E-state index in [0.717, 1.165) is 0 Å². The van der Waals surface area contributed by atoms with Crippen molar-refractivity contribution in [2.45, 2.75) is 6.92 Å². The molecule has 0 spiro atoms. The Kier molecular flexibility index (Phi) is 3.70. The summed E-state index contributed by atoms with van der Waals surface area (Å²) in [5, 5.41) is 0. The summed E-state index contributed by atoms with van der Waals surface area (Å²) in [5.74, 6) is -1.14. The minimum absolute atomic E-state index is 0.105. The fraction of sp³-hybridized carbons (Fsp3) is 0.154. The van der Waals surface area contributed by atoms with E-state index in [2.05, 4.69) is 9.97 Å². The van der Waals surface area contributed by atoms with Gasteiger partial charge >= 0.3 is 0 Å². The van der Waals surface area contributed by atoms with Crippen molar-refractivity contribution < 1.29 is 13.9 Å². The van der Waals surface area contributed by atoms with Gasteiger partial charge in [0.25, 0.3) is 5.91 Å². The van der Waals surface area contributed by atoms with E-state index in [1.165, 1.54) is 18.3 Å². The van der Waals surface area contributed by atoms with E-state index in [1.807, 2.05) is 0 Å². The van der Waals surface area contributed by atoms with E-state index in [1.54, 1.807) is 19.1 Å². The van der Waals surface area contributed by atoms with Crippen LogP contribution in [0, 0.1) is 5.82 Å². The van der Waals surface area contributed by atoms with Crippen LogP contribution in [0.3, 0.4) is 0 Å². The fourth-order valence-corrected chi connectivity index (χ4v) is 1.57. The van der Waals surface area contributed by atoms with Gasteiger partial charge < -0.3 is 10.5 Å². The average molecular weight is 261 g/mol. The molecule has 1 aromatic carbocycles. The van der Waals surface area contributed by atoms with Crippen molar-refractivity contribution >= 4 is 5.91 Å². The largest absolute Gasteiger partial charge is 0.491 e. The third-order valence-corrected chi connectivity index (χ3v) is 2.40. The van der Waals surface area contributed by atoms with Crippen molar-refractivity contribution in [3.05, 3.63) is 42.1 Å². The maximum absolute atomic E-state index is 13.7. The van der Waals surface area contributed by atoms with Gasteiger partial charge in [0.2, 0.25) is 5.82 Å². The topological polar surface area (TPSA) is 78.1 Å². The number of rotatable bonds is 4. The van der Waals surface area contributed by atoms with Crippen molar-refractivity contribution in [2.24, 2.45) is 5.73 Å². The van der Waals surface area contributed by atoms with Crippen LogP contribution in [0.1, 0.15) is 17.5 Å². The second kappa shape index (κ2) is 5.43. The lowest BCUT2D eigenvalue weighted by molar-refractivity contribution is 0.0990. The van der Waals surface area contributed by atoms with Crippen LogP contribution < -0.4 is 10.5 Å². The normalized spacial score (nSPS) is 10.2. The Bertz CT molecular complexity index is 617. The monoisotopic (exact) mass is 261 g/mol. The Hall–Kier alpha value is -2.50. The van der Waals surface area contributed by atoms with E-state index < -0.39 is 11.7 Å². The molecule has 0 atom stereocenters. The number of amides is 1. The molecule has 2 rings (SSSR count). The Morgan fingerprint density at radius 3 is 2.84 bits per heavy atom. The van der Waals surface area contributed by atoms with Crippen molar-refractivity contribution in [2.75, 3.05) is 6.61 Å². The van der Waals surface area contributed by atoms with Gasteiger partial charge in [-0.25, -0.2) is 14.4 Å². The third kappa shape index (κ3) is 2.85. The summed E-state index contributed by atoms with van der Waals surface area (Å²) in [4.78, 5) is 18.7. The zero-order valence-corrected chi connectivity index (χ0v) is 10.3. The van der Waals surface area contributed by atoms with E-state index >= 15 is 0 Å². The molecule has 5 nitrogen and oxygen atoms in total. The van der Waals surface area contributed by atoms with Crippen LogP contribution in [0.2, 0.25) is 0 Å². The molecular weight excluding hydrogens is 249 g/mol. The SMILES string of the molecule is CCOc1ccc(-c2ccnc(C(N)=O)n2)cc1F. The van der Waals surface area contributed by atoms with Crippen LogP contribution in [-0.2, 0) is 0 Å². The number of ether oxygens (including phenoxy) is 1. The van der Waals surface area contributed by atoms with Gasteiger partial charge in [-0.3, -0.25) is 4.79 Å². The number of aromatic nitrogens is 2. The lowest BCUT2D eigenvalue weighted by Crippen LogP contribution is -2.15. The Morgan fingerprint density at radius 1 is 1.42 bits per heavy atom. The predicted octanol–water partition coefficient (Wildman–Crippen LogP) is 1.78. The first-order valence-electron chi connectivity index (χ1n) is 5.67. The lowest BCUT2D eigenvalue weighted by Gasteiger charge is -2.06. The molecule has 0 radical (unpaired) electrons. The maximum Gasteiger partial charge on any atom is 0.286 e. The number of carbonyl (C=O) groups excluding carboxylic acids is 1. The molecule has 1 heterocycles. The van der Waals surface area contributed by atoms with Crippen LogP contribution >= 0.6 is 0 Å². The molecule has 0 aliphatic carbocycles. The van der Waals surface area contributed by atoms with Crippen molar-refractivity contribution in [3.63, 3.8) is 0 Å². The van der Waals surface area contributed by atoms with Crippen molar-refractivity contribution in [1.82, 2.24) is 9.97 Å². The first-order chi connectivity index (χ1) is 9.11. The molecule has 0 saturated heterocycles. The highest BCUT2D eigenvalue weighted by Crippen LogP contribution is 2.24. The van der Waals surface area contributed by atoms with Crippen molar-refractivity contribution in [1.29, 1.82) is 0 Å². The molecule has 2 N–H and O–H groups in total. The molecule has 6 heteroatoms. The molecule has 1 amide bonds. The molecule has 2 aromatic rings. The fourth-order valence-electron chi connectivity index (χ4n) is 1.57. The first-order valence-corrected chi connectivity index (χ1v) is 5.67. The molecule has 0 bridgehead atoms. The smallest absolute Gasteiger partial charge is 0.286 e. The van der Waals surface area contributed by atoms with Gasteiger partial charge in [-0.05, 0) is 31.2 Å². The third-order valence-electron chi connectivity index (χ3n) is 2.40. The van der Waals surface area contributed by atoms with Crippen LogP contribution in [0.4, 0.5) is 4.39 Å². The highest BCUT2D eigenvalue weighted by Gasteiger charge is 2.09. The molecule has 0 aliphatic rings.